The van der Waals surface area contributed by atoms with Crippen LogP contribution in [0.25, 0.3) is 0 Å². The Morgan fingerprint density at radius 1 is 0.771 bits per heavy atom. The predicted octanol–water partition coefficient (Wildman–Crippen LogP) is 8.34. The van der Waals surface area contributed by atoms with Gasteiger partial charge in [-0.1, -0.05) is 59.8 Å². The Morgan fingerprint density at radius 3 is 1.60 bits per heavy atom. The third-order valence-corrected chi connectivity index (χ3v) is 10.9. The van der Waals surface area contributed by atoms with Gasteiger partial charge in [-0.15, -0.1) is 28.3 Å². The van der Waals surface area contributed by atoms with E-state index in [-0.39, 0.29) is 40.5 Å². The number of hydrogen-bond donors (Lipinski definition) is 0. The molecule has 0 fully saturated rings. The molecule has 0 amide bonds. The van der Waals surface area contributed by atoms with Crippen LogP contribution in [0.15, 0.2) is 97.6 Å². The molecule has 4 aromatic rings. The van der Waals surface area contributed by atoms with Crippen molar-refractivity contribution < 1.29 is 17.1 Å². The first-order chi connectivity index (χ1) is 16.0. The van der Waals surface area contributed by atoms with Crippen LogP contribution < -0.4 is 0 Å². The Bertz CT molecular complexity index is 1040. The molecule has 2 aromatic heterocycles. The quantitative estimate of drug-likeness (QED) is 0.143. The number of aromatic nitrogens is 2. The summed E-state index contributed by atoms with van der Waals surface area (Å²) >= 11 is 0. The van der Waals surface area contributed by atoms with E-state index in [4.69, 9.17) is 0 Å². The molecule has 2 nitrogen and oxygen atoms in total. The van der Waals surface area contributed by atoms with E-state index in [0.29, 0.717) is 0 Å². The summed E-state index contributed by atoms with van der Waals surface area (Å²) in [6.07, 6.45) is 8.74. The van der Waals surface area contributed by atoms with Gasteiger partial charge in [-0.05, 0) is 33.6 Å². The van der Waals surface area contributed by atoms with E-state index in [9.17, 15) is 0 Å². The maximum Gasteiger partial charge on any atom is 0.0397 e. The Kier molecular flexibility index (Phi) is 10.6. The van der Waals surface area contributed by atoms with Crippen LogP contribution in [0.2, 0.25) is 0 Å². The molecule has 192 valence electrons. The van der Waals surface area contributed by atoms with Gasteiger partial charge in [-0.2, -0.15) is 6.07 Å². The molecule has 0 radical (unpaired) electrons. The van der Waals surface area contributed by atoms with Gasteiger partial charge in [0, 0.05) is 47.0 Å². The van der Waals surface area contributed by atoms with Crippen molar-refractivity contribution in [2.45, 2.75) is 63.2 Å². The van der Waals surface area contributed by atoms with Crippen LogP contribution in [0.4, 0.5) is 0 Å². The number of pyridine rings is 2. The molecule has 2 aromatic carbocycles. The van der Waals surface area contributed by atoms with Crippen molar-refractivity contribution in [3.05, 3.63) is 120 Å². The zero-order chi connectivity index (χ0) is 24.8. The minimum Gasteiger partial charge on any atom is -0.748 e. The summed E-state index contributed by atoms with van der Waals surface area (Å²) in [6, 6.07) is 25.2. The molecule has 4 rings (SSSR count). The Labute approximate surface area is 226 Å². The van der Waals surface area contributed by atoms with Gasteiger partial charge in [-0.25, -0.2) is 12.1 Å². The second kappa shape index (κ2) is 12.6. The smallest absolute Gasteiger partial charge is 0.0397 e. The summed E-state index contributed by atoms with van der Waals surface area (Å²) in [5.41, 5.74) is 5.11. The summed E-state index contributed by atoms with van der Waals surface area (Å²) in [6.45, 7) is 14.3. The van der Waals surface area contributed by atoms with E-state index in [1.54, 1.807) is 0 Å². The average Bonchev–Trinajstić information content (AvgIpc) is 3.52. The van der Waals surface area contributed by atoms with Crippen molar-refractivity contribution in [2.75, 3.05) is 0 Å². The van der Waals surface area contributed by atoms with E-state index in [0.717, 1.165) is 6.16 Å². The fraction of sp³-hybridized carbons (Fsp3) is 0.333. The van der Waals surface area contributed by atoms with Crippen molar-refractivity contribution >= 4 is 17.2 Å². The van der Waals surface area contributed by atoms with Gasteiger partial charge in [0.15, 0.2) is 0 Å². The number of hydrogen-bond acceptors (Lipinski definition) is 2. The third-order valence-electron chi connectivity index (χ3n) is 6.07. The minimum absolute atomic E-state index is 0. The molecule has 0 aliphatic heterocycles. The first kappa shape index (κ1) is 29.6. The summed E-state index contributed by atoms with van der Waals surface area (Å²) in [5, 5.41) is 0.209. The van der Waals surface area contributed by atoms with Gasteiger partial charge in [0.05, 0.1) is 0 Å². The van der Waals surface area contributed by atoms with Crippen LogP contribution in [0.3, 0.4) is 0 Å². The SMILES string of the molecule is CC(C)(C)P(C[c-]1cccc1C(P)(c1cccnc1)c1cccnc1)C(C)(C)C.[Fe].[cH-]1[cH-][cH-][cH-][cH-]1. The fourth-order valence-electron chi connectivity index (χ4n) is 4.62. The Hall–Kier alpha value is -1.62. The van der Waals surface area contributed by atoms with Crippen LogP contribution >= 0.6 is 17.2 Å². The molecule has 0 aliphatic rings. The summed E-state index contributed by atoms with van der Waals surface area (Å²) in [4.78, 5) is 8.85. The molecule has 0 saturated heterocycles. The molecule has 0 bridgehead atoms. The Morgan fingerprint density at radius 2 is 1.23 bits per heavy atom. The van der Waals surface area contributed by atoms with Crippen LogP contribution in [-0.4, -0.2) is 20.3 Å². The van der Waals surface area contributed by atoms with Crippen LogP contribution in [0.1, 0.15) is 63.8 Å². The molecule has 0 N–H and O–H groups in total. The summed E-state index contributed by atoms with van der Waals surface area (Å²) in [5.74, 6) is 0. The van der Waals surface area contributed by atoms with E-state index in [1.807, 2.05) is 67.3 Å². The third kappa shape index (κ3) is 7.44. The molecule has 0 spiro atoms. The van der Waals surface area contributed by atoms with Crippen LogP contribution in [0.5, 0.6) is 0 Å². The van der Waals surface area contributed by atoms with Gasteiger partial charge < -0.3 is 30.3 Å². The van der Waals surface area contributed by atoms with Crippen LogP contribution in [0, 0.1) is 0 Å². The molecule has 35 heavy (non-hydrogen) atoms. The van der Waals surface area contributed by atoms with Crippen molar-refractivity contribution in [2.24, 2.45) is 0 Å². The molecule has 0 aliphatic carbocycles. The standard InChI is InChI=1S/C25H33N2P2.C5H5.Fe/c1-23(2,3)29(24(4,5)6)18-19-10-7-13-22(19)25(28,20-11-8-14-26-16-20)21-12-9-15-27-17-21;1-2-4-5-3-1;/h7-17H,18,28H2,1-6H3;1-5H;/q-1;-5;. The maximum absolute atomic E-state index is 4.43. The summed E-state index contributed by atoms with van der Waals surface area (Å²) in [7, 11) is 2.90. The molecular weight excluding hydrogens is 506 g/mol. The van der Waals surface area contributed by atoms with Gasteiger partial charge in [-0.3, -0.25) is 9.97 Å². The minimum atomic E-state index is -0.363. The average molecular weight is 544 g/mol. The largest absolute Gasteiger partial charge is 0.748 e. The fourth-order valence-corrected chi connectivity index (χ4v) is 8.82. The van der Waals surface area contributed by atoms with E-state index < -0.39 is 0 Å². The number of rotatable bonds is 5. The second-order valence-electron chi connectivity index (χ2n) is 10.6. The molecule has 1 atom stereocenters. The van der Waals surface area contributed by atoms with E-state index in [2.05, 4.69) is 91.1 Å². The van der Waals surface area contributed by atoms with Crippen molar-refractivity contribution in [3.8, 4) is 0 Å². The van der Waals surface area contributed by atoms with Gasteiger partial charge in [0.2, 0.25) is 0 Å². The van der Waals surface area contributed by atoms with E-state index >= 15 is 0 Å². The van der Waals surface area contributed by atoms with Crippen LogP contribution in [-0.2, 0) is 28.4 Å². The maximum atomic E-state index is 4.43. The first-order valence-corrected chi connectivity index (χ1v) is 13.9. The topological polar surface area (TPSA) is 25.8 Å². The van der Waals surface area contributed by atoms with Gasteiger partial charge in [0.1, 0.15) is 0 Å². The molecule has 2 heterocycles. The zero-order valence-electron chi connectivity index (χ0n) is 21.7. The normalized spacial score (nSPS) is 12.0. The second-order valence-corrected chi connectivity index (χ2v) is 15.4. The van der Waals surface area contributed by atoms with Gasteiger partial charge >= 0.3 is 0 Å². The van der Waals surface area contributed by atoms with E-state index in [1.165, 1.54) is 22.3 Å². The zero-order valence-corrected chi connectivity index (χ0v) is 24.9. The predicted molar refractivity (Wildman–Crippen MR) is 152 cm³/mol. The monoisotopic (exact) mass is 544 g/mol. The number of nitrogens with zero attached hydrogens (tertiary/aromatic N) is 2. The summed E-state index contributed by atoms with van der Waals surface area (Å²) < 4.78 is 0. The van der Waals surface area contributed by atoms with Crippen molar-refractivity contribution in [1.82, 2.24) is 9.97 Å². The molecule has 0 saturated carbocycles. The molecular formula is C30H38FeN2P2-6. The molecule has 5 heteroatoms. The van der Waals surface area contributed by atoms with Crippen molar-refractivity contribution in [3.63, 3.8) is 0 Å². The molecule has 1 unspecified atom stereocenters. The van der Waals surface area contributed by atoms with Crippen molar-refractivity contribution in [1.29, 1.82) is 0 Å². The first-order valence-electron chi connectivity index (χ1n) is 11.8. The van der Waals surface area contributed by atoms with Gasteiger partial charge in [0.25, 0.3) is 0 Å². The Balaban J connectivity index is 0.000000640.